The van der Waals surface area contributed by atoms with Crippen LogP contribution in [0.1, 0.15) is 36.4 Å². The average Bonchev–Trinajstić information content (AvgIpc) is 2.75. The van der Waals surface area contributed by atoms with Crippen molar-refractivity contribution in [2.24, 2.45) is 0 Å². The maximum absolute atomic E-state index is 13.2. The highest BCUT2D eigenvalue weighted by Gasteiger charge is 2.34. The number of nitrogens with one attached hydrogen (secondary N) is 1. The van der Waals surface area contributed by atoms with Gasteiger partial charge in [0.2, 0.25) is 0 Å². The van der Waals surface area contributed by atoms with Gasteiger partial charge in [0.1, 0.15) is 0 Å². The molecule has 0 bridgehead atoms. The highest BCUT2D eigenvalue weighted by molar-refractivity contribution is 7.92. The Morgan fingerprint density at radius 2 is 1.93 bits per heavy atom. The highest BCUT2D eigenvalue weighted by atomic mass is 35.5. The normalized spacial score (nSPS) is 17.4. The van der Waals surface area contributed by atoms with Crippen LogP contribution in [-0.4, -0.2) is 35.1 Å². The quantitative estimate of drug-likeness (QED) is 0.569. The van der Waals surface area contributed by atoms with E-state index in [0.717, 1.165) is 12.0 Å². The minimum absolute atomic E-state index is 0.200. The van der Waals surface area contributed by atoms with E-state index in [2.05, 4.69) is 10.1 Å². The second-order valence-electron chi connectivity index (χ2n) is 6.63. The number of unbranched alkanes of at least 4 members (excludes halogenated alkanes) is 1. The summed E-state index contributed by atoms with van der Waals surface area (Å²) >= 11 is 6.11. The molecule has 0 aliphatic carbocycles. The summed E-state index contributed by atoms with van der Waals surface area (Å²) in [7, 11) is -0.798. The molecule has 0 saturated carbocycles. The van der Waals surface area contributed by atoms with Crippen LogP contribution in [0.3, 0.4) is 0 Å². The second-order valence-corrected chi connectivity index (χ2v) is 9.01. The number of carbonyl (C=O) groups is 1. The Labute approximate surface area is 170 Å². The van der Waals surface area contributed by atoms with E-state index in [9.17, 15) is 13.2 Å². The lowest BCUT2D eigenvalue weighted by molar-refractivity contribution is -0.140. The first-order valence-corrected chi connectivity index (χ1v) is 10.9. The molecule has 1 atom stereocenters. The molecule has 0 saturated heterocycles. The molecule has 8 heteroatoms. The summed E-state index contributed by atoms with van der Waals surface area (Å²) in [6.45, 7) is 0.627. The first kappa shape index (κ1) is 20.6. The summed E-state index contributed by atoms with van der Waals surface area (Å²) in [5, 5.41) is 3.83. The van der Waals surface area contributed by atoms with Crippen LogP contribution in [0.15, 0.2) is 47.4 Å². The molecular weight excluding hydrogens is 400 g/mol. The smallest absolute Gasteiger partial charge is 0.305 e. The molecule has 150 valence electrons. The van der Waals surface area contributed by atoms with Gasteiger partial charge in [-0.15, -0.1) is 0 Å². The van der Waals surface area contributed by atoms with Gasteiger partial charge in [-0.3, -0.25) is 9.10 Å². The lowest BCUT2D eigenvalue weighted by Gasteiger charge is -2.22. The number of rotatable bonds is 6. The van der Waals surface area contributed by atoms with Crippen LogP contribution in [0.5, 0.6) is 0 Å². The van der Waals surface area contributed by atoms with Gasteiger partial charge < -0.3 is 10.1 Å². The molecule has 0 spiro atoms. The molecular formula is C20H23ClN2O4S. The molecule has 1 heterocycles. The molecule has 0 radical (unpaired) electrons. The number of benzene rings is 2. The fourth-order valence-electron chi connectivity index (χ4n) is 3.40. The van der Waals surface area contributed by atoms with Crippen molar-refractivity contribution in [3.63, 3.8) is 0 Å². The molecule has 2 aromatic carbocycles. The zero-order chi connectivity index (χ0) is 20.3. The molecule has 1 N–H and O–H groups in total. The van der Waals surface area contributed by atoms with Crippen molar-refractivity contribution >= 4 is 33.3 Å². The number of fused-ring (bicyclic) bond motifs is 2. The summed E-state index contributed by atoms with van der Waals surface area (Å²) in [6, 6.07) is 12.1. The van der Waals surface area contributed by atoms with E-state index in [0.29, 0.717) is 35.7 Å². The Kier molecular flexibility index (Phi) is 6.27. The highest BCUT2D eigenvalue weighted by Crippen LogP contribution is 2.40. The lowest BCUT2D eigenvalue weighted by Crippen LogP contribution is -2.26. The van der Waals surface area contributed by atoms with Crippen LogP contribution in [-0.2, 0) is 19.6 Å². The van der Waals surface area contributed by atoms with Gasteiger partial charge in [0.25, 0.3) is 10.0 Å². The van der Waals surface area contributed by atoms with E-state index in [4.69, 9.17) is 11.6 Å². The fourth-order valence-corrected chi connectivity index (χ4v) is 5.11. The van der Waals surface area contributed by atoms with Crippen LogP contribution in [0.4, 0.5) is 5.69 Å². The Hall–Kier alpha value is -2.09. The monoisotopic (exact) mass is 422 g/mol. The van der Waals surface area contributed by atoms with Gasteiger partial charge in [-0.1, -0.05) is 35.9 Å². The number of esters is 1. The summed E-state index contributed by atoms with van der Waals surface area (Å²) in [6.07, 6.45) is 1.82. The maximum Gasteiger partial charge on any atom is 0.305 e. The van der Waals surface area contributed by atoms with E-state index in [1.54, 1.807) is 25.2 Å². The van der Waals surface area contributed by atoms with Gasteiger partial charge in [0.15, 0.2) is 0 Å². The third-order valence-electron chi connectivity index (χ3n) is 4.90. The van der Waals surface area contributed by atoms with Gasteiger partial charge in [-0.05, 0) is 48.7 Å². The fraction of sp³-hybridized carbons (Fsp3) is 0.350. The zero-order valence-electron chi connectivity index (χ0n) is 15.8. The Morgan fingerprint density at radius 1 is 1.18 bits per heavy atom. The van der Waals surface area contributed by atoms with Crippen LogP contribution >= 0.6 is 11.6 Å². The summed E-state index contributed by atoms with van der Waals surface area (Å²) in [5.74, 6) is -0.229. The summed E-state index contributed by atoms with van der Waals surface area (Å²) in [4.78, 5) is 11.5. The molecule has 3 rings (SSSR count). The van der Waals surface area contributed by atoms with Crippen molar-refractivity contribution in [3.8, 4) is 0 Å². The number of methoxy groups -OCH3 is 1. The Balaban J connectivity index is 1.95. The van der Waals surface area contributed by atoms with Gasteiger partial charge in [0.05, 0.1) is 23.7 Å². The Morgan fingerprint density at radius 3 is 2.68 bits per heavy atom. The standard InChI is InChI=1S/C20H23ClN2O4S/c1-23-17-8-4-3-7-15(17)20(22-12-6-5-9-19(24)27-2)16-11-10-14(21)13-18(16)28(23,25)26/h3-4,7-8,10-11,13,20,22H,5-6,9,12H2,1-2H3. The summed E-state index contributed by atoms with van der Waals surface area (Å²) < 4.78 is 32.3. The van der Waals surface area contributed by atoms with E-state index in [-0.39, 0.29) is 16.9 Å². The predicted octanol–water partition coefficient (Wildman–Crippen LogP) is 3.50. The molecule has 0 fully saturated rings. The molecule has 0 amide bonds. The van der Waals surface area contributed by atoms with Crippen LogP contribution in [0, 0.1) is 0 Å². The van der Waals surface area contributed by atoms with Crippen molar-refractivity contribution in [2.75, 3.05) is 25.0 Å². The minimum Gasteiger partial charge on any atom is -0.469 e. The van der Waals surface area contributed by atoms with Crippen molar-refractivity contribution < 1.29 is 17.9 Å². The molecule has 1 aliphatic rings. The molecule has 2 aromatic rings. The minimum atomic E-state index is -3.73. The van der Waals surface area contributed by atoms with Crippen molar-refractivity contribution in [3.05, 3.63) is 58.6 Å². The number of ether oxygens (including phenoxy) is 1. The molecule has 0 aromatic heterocycles. The lowest BCUT2D eigenvalue weighted by atomic mass is 9.96. The molecule has 6 nitrogen and oxygen atoms in total. The maximum atomic E-state index is 13.2. The third kappa shape index (κ3) is 4.01. The van der Waals surface area contributed by atoms with E-state index in [1.807, 2.05) is 18.2 Å². The molecule has 1 unspecified atom stereocenters. The van der Waals surface area contributed by atoms with Crippen molar-refractivity contribution in [2.45, 2.75) is 30.2 Å². The molecule has 28 heavy (non-hydrogen) atoms. The second kappa shape index (κ2) is 8.51. The van der Waals surface area contributed by atoms with Crippen LogP contribution in [0.25, 0.3) is 0 Å². The first-order valence-electron chi connectivity index (χ1n) is 9.03. The van der Waals surface area contributed by atoms with Gasteiger partial charge >= 0.3 is 5.97 Å². The van der Waals surface area contributed by atoms with Crippen molar-refractivity contribution in [1.82, 2.24) is 5.32 Å². The largest absolute Gasteiger partial charge is 0.469 e. The van der Waals surface area contributed by atoms with Crippen molar-refractivity contribution in [1.29, 1.82) is 0 Å². The van der Waals surface area contributed by atoms with Crippen LogP contribution < -0.4 is 9.62 Å². The number of carbonyl (C=O) groups excluding carboxylic acids is 1. The zero-order valence-corrected chi connectivity index (χ0v) is 17.4. The van der Waals surface area contributed by atoms with E-state index >= 15 is 0 Å². The third-order valence-corrected chi connectivity index (χ3v) is 6.96. The van der Waals surface area contributed by atoms with Gasteiger partial charge in [-0.2, -0.15) is 0 Å². The predicted molar refractivity (Wildman–Crippen MR) is 109 cm³/mol. The van der Waals surface area contributed by atoms with Gasteiger partial charge in [0, 0.05) is 18.5 Å². The number of nitrogens with zero attached hydrogens (tertiary/aromatic N) is 1. The van der Waals surface area contributed by atoms with Gasteiger partial charge in [-0.25, -0.2) is 8.42 Å². The number of halogens is 1. The number of para-hydroxylation sites is 1. The summed E-state index contributed by atoms with van der Waals surface area (Å²) in [5.41, 5.74) is 2.17. The number of sulfonamides is 1. The number of hydrogen-bond acceptors (Lipinski definition) is 5. The SMILES string of the molecule is COC(=O)CCCCNC1c2ccccc2N(C)S(=O)(=O)c2cc(Cl)ccc21. The Bertz CT molecular complexity index is 978. The number of hydrogen-bond donors (Lipinski definition) is 1. The topological polar surface area (TPSA) is 75.7 Å². The number of anilines is 1. The average molecular weight is 423 g/mol. The first-order chi connectivity index (χ1) is 13.4. The van der Waals surface area contributed by atoms with E-state index in [1.165, 1.54) is 17.5 Å². The van der Waals surface area contributed by atoms with Crippen LogP contribution in [0.2, 0.25) is 5.02 Å². The molecule has 1 aliphatic heterocycles. The van der Waals surface area contributed by atoms with E-state index < -0.39 is 10.0 Å².